The van der Waals surface area contributed by atoms with E-state index in [1.165, 1.54) is 0 Å². The highest BCUT2D eigenvalue weighted by Gasteiger charge is 2.31. The van der Waals surface area contributed by atoms with Gasteiger partial charge in [0, 0.05) is 19.1 Å². The summed E-state index contributed by atoms with van der Waals surface area (Å²) in [6.07, 6.45) is 3.43. The molecule has 1 fully saturated rings. The quantitative estimate of drug-likeness (QED) is 0.734. The van der Waals surface area contributed by atoms with Crippen molar-refractivity contribution in [2.75, 3.05) is 19.6 Å². The Labute approximate surface area is 130 Å². The van der Waals surface area contributed by atoms with Crippen molar-refractivity contribution in [3.8, 4) is 6.07 Å². The fourth-order valence-corrected chi connectivity index (χ4v) is 3.37. The van der Waals surface area contributed by atoms with Gasteiger partial charge in [0.2, 0.25) is 0 Å². The first-order valence-electron chi connectivity index (χ1n) is 8.25. The molecule has 1 aliphatic heterocycles. The summed E-state index contributed by atoms with van der Waals surface area (Å²) in [6, 6.07) is 2.77. The second-order valence-electron chi connectivity index (χ2n) is 7.62. The Morgan fingerprint density at radius 2 is 2.10 bits per heavy atom. The second kappa shape index (κ2) is 7.58. The van der Waals surface area contributed by atoms with E-state index in [0.717, 1.165) is 38.9 Å². The molecular weight excluding hydrogens is 262 g/mol. The van der Waals surface area contributed by atoms with Crippen LogP contribution in [0.4, 0.5) is 0 Å². The normalized spacial score (nSPS) is 25.5. The second-order valence-corrected chi connectivity index (χ2v) is 7.62. The molecule has 1 aliphatic rings. The molecule has 0 spiro atoms. The minimum Gasteiger partial charge on any atom is -0.370 e. The molecule has 0 bridgehead atoms. The molecule has 2 atom stereocenters. The largest absolute Gasteiger partial charge is 0.370 e. The van der Waals surface area contributed by atoms with Crippen LogP contribution in [0.2, 0.25) is 0 Å². The van der Waals surface area contributed by atoms with Crippen LogP contribution in [-0.2, 0) is 4.74 Å². The summed E-state index contributed by atoms with van der Waals surface area (Å²) in [5.41, 5.74) is -0.441. The highest BCUT2D eigenvalue weighted by atomic mass is 16.5. The molecule has 1 rings (SSSR count). The molecule has 0 aromatic rings. The lowest BCUT2D eigenvalue weighted by Gasteiger charge is -2.41. The Morgan fingerprint density at radius 1 is 1.43 bits per heavy atom. The lowest BCUT2D eigenvalue weighted by atomic mass is 9.95. The number of nitrogens with one attached hydrogen (secondary N) is 1. The zero-order valence-corrected chi connectivity index (χ0v) is 14.7. The van der Waals surface area contributed by atoms with Crippen LogP contribution in [0.5, 0.6) is 0 Å². The fraction of sp³-hybridized carbons (Fsp3) is 0.941. The first-order valence-corrected chi connectivity index (χ1v) is 8.25. The lowest BCUT2D eigenvalue weighted by Crippen LogP contribution is -2.52. The number of nitriles is 1. The lowest BCUT2D eigenvalue weighted by molar-refractivity contribution is -0.128. The molecule has 0 aliphatic carbocycles. The third kappa shape index (κ3) is 6.78. The van der Waals surface area contributed by atoms with E-state index in [-0.39, 0.29) is 5.60 Å². The molecular formula is C17H33N3O. The predicted octanol–water partition coefficient (Wildman–Crippen LogP) is 2.94. The first kappa shape index (κ1) is 18.4. The van der Waals surface area contributed by atoms with Gasteiger partial charge in [0.05, 0.1) is 17.8 Å². The Balaban J connectivity index is 2.32. The van der Waals surface area contributed by atoms with E-state index in [9.17, 15) is 5.26 Å². The molecule has 1 heterocycles. The van der Waals surface area contributed by atoms with E-state index in [0.29, 0.717) is 12.1 Å². The van der Waals surface area contributed by atoms with Gasteiger partial charge in [-0.25, -0.2) is 0 Å². The highest BCUT2D eigenvalue weighted by Crippen LogP contribution is 2.21. The van der Waals surface area contributed by atoms with Gasteiger partial charge in [-0.15, -0.1) is 0 Å². The van der Waals surface area contributed by atoms with Gasteiger partial charge in [0.15, 0.2) is 0 Å². The van der Waals surface area contributed by atoms with Gasteiger partial charge >= 0.3 is 0 Å². The average Bonchev–Trinajstić information content (AvgIpc) is 2.31. The van der Waals surface area contributed by atoms with Crippen LogP contribution in [0.1, 0.15) is 60.8 Å². The van der Waals surface area contributed by atoms with E-state index < -0.39 is 5.54 Å². The molecule has 1 N–H and O–H groups in total. The molecule has 4 heteroatoms. The minimum atomic E-state index is -0.397. The number of hydrogen-bond acceptors (Lipinski definition) is 4. The number of ether oxygens (including phenoxy) is 1. The van der Waals surface area contributed by atoms with Gasteiger partial charge in [0.25, 0.3) is 0 Å². The Hall–Kier alpha value is -0.630. The minimum absolute atomic E-state index is 0.0436. The number of unbranched alkanes of at least 4 members (excludes halogenated alkanes) is 1. The first-order chi connectivity index (χ1) is 9.66. The van der Waals surface area contributed by atoms with Gasteiger partial charge in [-0.2, -0.15) is 5.26 Å². The third-order valence-electron chi connectivity index (χ3n) is 3.90. The molecule has 0 aromatic carbocycles. The molecule has 0 aromatic heterocycles. The van der Waals surface area contributed by atoms with Gasteiger partial charge in [-0.05, 0) is 67.3 Å². The summed E-state index contributed by atoms with van der Waals surface area (Å²) in [7, 11) is 0. The maximum absolute atomic E-state index is 9.35. The standard InChI is InChI=1S/C17H33N3O/c1-14(2)19-17(6,12-18)9-7-8-10-20-11-15(3)21-16(4,5)13-20/h14-15,19H,7-11,13H2,1-6H3. The number of hydrogen-bond donors (Lipinski definition) is 1. The van der Waals surface area contributed by atoms with Crippen LogP contribution < -0.4 is 5.32 Å². The smallest absolute Gasteiger partial charge is 0.104 e. The van der Waals surface area contributed by atoms with Crippen LogP contribution in [0.3, 0.4) is 0 Å². The van der Waals surface area contributed by atoms with Crippen molar-refractivity contribution in [1.82, 2.24) is 10.2 Å². The van der Waals surface area contributed by atoms with Crippen molar-refractivity contribution in [2.45, 2.75) is 84.1 Å². The van der Waals surface area contributed by atoms with Crippen LogP contribution in [-0.4, -0.2) is 47.8 Å². The van der Waals surface area contributed by atoms with Crippen molar-refractivity contribution < 1.29 is 4.74 Å². The van der Waals surface area contributed by atoms with Crippen LogP contribution in [0.25, 0.3) is 0 Å². The predicted molar refractivity (Wildman–Crippen MR) is 87.2 cm³/mol. The fourth-order valence-electron chi connectivity index (χ4n) is 3.37. The van der Waals surface area contributed by atoms with Gasteiger partial charge in [0.1, 0.15) is 5.54 Å². The van der Waals surface area contributed by atoms with E-state index in [1.807, 2.05) is 6.92 Å². The number of rotatable bonds is 7. The van der Waals surface area contributed by atoms with Crippen molar-refractivity contribution in [1.29, 1.82) is 5.26 Å². The van der Waals surface area contributed by atoms with Crippen molar-refractivity contribution >= 4 is 0 Å². The zero-order valence-electron chi connectivity index (χ0n) is 14.7. The zero-order chi connectivity index (χ0) is 16.1. The van der Waals surface area contributed by atoms with Crippen LogP contribution in [0.15, 0.2) is 0 Å². The maximum Gasteiger partial charge on any atom is 0.104 e. The van der Waals surface area contributed by atoms with Gasteiger partial charge < -0.3 is 4.74 Å². The Kier molecular flexibility index (Phi) is 6.65. The summed E-state index contributed by atoms with van der Waals surface area (Å²) in [5.74, 6) is 0. The highest BCUT2D eigenvalue weighted by molar-refractivity contribution is 5.04. The van der Waals surface area contributed by atoms with Gasteiger partial charge in [-0.3, -0.25) is 10.2 Å². The Bertz CT molecular complexity index is 362. The molecule has 1 saturated heterocycles. The van der Waals surface area contributed by atoms with Crippen molar-refractivity contribution in [2.24, 2.45) is 0 Å². The van der Waals surface area contributed by atoms with E-state index in [2.05, 4.69) is 50.9 Å². The summed E-state index contributed by atoms with van der Waals surface area (Å²) < 4.78 is 5.93. The Morgan fingerprint density at radius 3 is 2.62 bits per heavy atom. The molecule has 0 amide bonds. The monoisotopic (exact) mass is 295 g/mol. The van der Waals surface area contributed by atoms with Crippen LogP contribution in [0, 0.1) is 11.3 Å². The SMILES string of the molecule is CC(C)NC(C)(C#N)CCCCN1CC(C)OC(C)(C)C1. The molecule has 2 unspecified atom stereocenters. The third-order valence-corrected chi connectivity index (χ3v) is 3.90. The van der Waals surface area contributed by atoms with Crippen molar-refractivity contribution in [3.05, 3.63) is 0 Å². The molecule has 122 valence electrons. The van der Waals surface area contributed by atoms with E-state index >= 15 is 0 Å². The summed E-state index contributed by atoms with van der Waals surface area (Å²) >= 11 is 0. The van der Waals surface area contributed by atoms with E-state index in [4.69, 9.17) is 4.74 Å². The summed E-state index contributed by atoms with van der Waals surface area (Å²) in [6.45, 7) is 15.8. The topological polar surface area (TPSA) is 48.3 Å². The van der Waals surface area contributed by atoms with Gasteiger partial charge in [-0.1, -0.05) is 0 Å². The molecule has 0 radical (unpaired) electrons. The average molecular weight is 295 g/mol. The molecule has 4 nitrogen and oxygen atoms in total. The molecule has 21 heavy (non-hydrogen) atoms. The number of morpholine rings is 1. The number of nitrogens with zero attached hydrogens (tertiary/aromatic N) is 2. The van der Waals surface area contributed by atoms with E-state index in [1.54, 1.807) is 0 Å². The van der Waals surface area contributed by atoms with Crippen LogP contribution >= 0.6 is 0 Å². The maximum atomic E-state index is 9.35. The molecule has 0 saturated carbocycles. The van der Waals surface area contributed by atoms with Crippen molar-refractivity contribution in [3.63, 3.8) is 0 Å². The summed E-state index contributed by atoms with van der Waals surface area (Å²) in [4.78, 5) is 2.49. The summed E-state index contributed by atoms with van der Waals surface area (Å²) in [5, 5.41) is 12.7.